The van der Waals surface area contributed by atoms with Crippen LogP contribution >= 0.6 is 0 Å². The smallest absolute Gasteiger partial charge is 0.270 e. The lowest BCUT2D eigenvalue weighted by atomic mass is 10.1. The molecule has 138 valence electrons. The van der Waals surface area contributed by atoms with Crippen molar-refractivity contribution in [3.05, 3.63) is 59.9 Å². The van der Waals surface area contributed by atoms with Gasteiger partial charge in [0.05, 0.1) is 5.92 Å². The van der Waals surface area contributed by atoms with Gasteiger partial charge >= 0.3 is 0 Å². The summed E-state index contributed by atoms with van der Waals surface area (Å²) in [7, 11) is 1.91. The van der Waals surface area contributed by atoms with E-state index in [1.54, 1.807) is 23.2 Å². The first-order valence-electron chi connectivity index (χ1n) is 9.10. The van der Waals surface area contributed by atoms with Crippen molar-refractivity contribution in [2.45, 2.75) is 13.3 Å². The van der Waals surface area contributed by atoms with E-state index in [0.717, 1.165) is 10.9 Å². The number of hydrogen-bond donors (Lipinski definition) is 1. The summed E-state index contributed by atoms with van der Waals surface area (Å²) in [6.07, 6.45) is 2.30. The van der Waals surface area contributed by atoms with Gasteiger partial charge in [0.25, 0.3) is 5.91 Å². The van der Waals surface area contributed by atoms with Crippen LogP contribution in [0.4, 0.5) is 5.82 Å². The van der Waals surface area contributed by atoms with E-state index in [1.807, 2.05) is 42.8 Å². The molecule has 1 aliphatic rings. The molecule has 6 heteroatoms. The number of aromatic nitrogens is 2. The van der Waals surface area contributed by atoms with Crippen LogP contribution in [0.5, 0.6) is 0 Å². The maximum atomic E-state index is 13.0. The average molecular weight is 362 g/mol. The first-order valence-corrected chi connectivity index (χ1v) is 9.10. The summed E-state index contributed by atoms with van der Waals surface area (Å²) in [6, 6.07) is 13.5. The van der Waals surface area contributed by atoms with Crippen LogP contribution in [-0.4, -0.2) is 39.4 Å². The van der Waals surface area contributed by atoms with Crippen LogP contribution in [-0.2, 0) is 11.8 Å². The lowest BCUT2D eigenvalue weighted by Crippen LogP contribution is -2.32. The number of nitrogens with one attached hydrogen (secondary N) is 1. The molecule has 0 saturated carbocycles. The third-order valence-electron chi connectivity index (χ3n) is 5.18. The van der Waals surface area contributed by atoms with Crippen LogP contribution in [0.3, 0.4) is 0 Å². The molecule has 1 fully saturated rings. The highest BCUT2D eigenvalue weighted by atomic mass is 16.2. The molecule has 1 atom stereocenters. The van der Waals surface area contributed by atoms with E-state index in [9.17, 15) is 9.59 Å². The number of fused-ring (bicyclic) bond motifs is 1. The number of anilines is 1. The van der Waals surface area contributed by atoms with Crippen LogP contribution in [0, 0.1) is 12.8 Å². The first kappa shape index (κ1) is 17.3. The average Bonchev–Trinajstić information content (AvgIpc) is 3.27. The van der Waals surface area contributed by atoms with Gasteiger partial charge in [0.15, 0.2) is 0 Å². The highest BCUT2D eigenvalue weighted by molar-refractivity contribution is 6.00. The Morgan fingerprint density at radius 2 is 2.04 bits per heavy atom. The number of amides is 2. The highest BCUT2D eigenvalue weighted by Crippen LogP contribution is 2.24. The Labute approximate surface area is 157 Å². The molecule has 0 radical (unpaired) electrons. The van der Waals surface area contributed by atoms with Gasteiger partial charge in [-0.15, -0.1) is 0 Å². The Balaban J connectivity index is 1.48. The van der Waals surface area contributed by atoms with E-state index in [2.05, 4.69) is 16.4 Å². The fourth-order valence-electron chi connectivity index (χ4n) is 3.66. The molecule has 2 amide bonds. The Hall–Kier alpha value is -3.15. The molecule has 0 spiro atoms. The van der Waals surface area contributed by atoms with Crippen LogP contribution in [0.25, 0.3) is 10.9 Å². The number of rotatable bonds is 3. The van der Waals surface area contributed by atoms with Gasteiger partial charge in [0.2, 0.25) is 5.91 Å². The van der Waals surface area contributed by atoms with Gasteiger partial charge in [-0.3, -0.25) is 9.59 Å². The quantitative estimate of drug-likeness (QED) is 0.779. The van der Waals surface area contributed by atoms with Crippen molar-refractivity contribution in [3.63, 3.8) is 0 Å². The topological polar surface area (TPSA) is 67.2 Å². The zero-order valence-electron chi connectivity index (χ0n) is 15.5. The second-order valence-corrected chi connectivity index (χ2v) is 7.09. The van der Waals surface area contributed by atoms with Crippen LogP contribution in [0.1, 0.15) is 22.5 Å². The summed E-state index contributed by atoms with van der Waals surface area (Å²) < 4.78 is 1.93. The van der Waals surface area contributed by atoms with Crippen molar-refractivity contribution < 1.29 is 9.59 Å². The fourth-order valence-corrected chi connectivity index (χ4v) is 3.66. The molecule has 0 bridgehead atoms. The molecule has 4 rings (SSSR count). The lowest BCUT2D eigenvalue weighted by Gasteiger charge is -2.17. The minimum atomic E-state index is -0.215. The van der Waals surface area contributed by atoms with E-state index >= 15 is 0 Å². The highest BCUT2D eigenvalue weighted by Gasteiger charge is 2.32. The predicted octanol–water partition coefficient (Wildman–Crippen LogP) is 2.98. The van der Waals surface area contributed by atoms with Crippen molar-refractivity contribution in [2.24, 2.45) is 13.0 Å². The summed E-state index contributed by atoms with van der Waals surface area (Å²) in [5, 5.41) is 3.89. The van der Waals surface area contributed by atoms with Gasteiger partial charge in [-0.2, -0.15) is 0 Å². The number of benzene rings is 1. The molecule has 1 aromatic carbocycles. The van der Waals surface area contributed by atoms with Crippen molar-refractivity contribution in [1.82, 2.24) is 14.5 Å². The molecule has 1 unspecified atom stereocenters. The van der Waals surface area contributed by atoms with E-state index < -0.39 is 0 Å². The van der Waals surface area contributed by atoms with Gasteiger partial charge in [-0.1, -0.05) is 17.7 Å². The fraction of sp³-hybridized carbons (Fsp3) is 0.286. The standard InChI is InChI=1S/C21H22N4O2/c1-14-6-7-17-16(11-14)12-18(24(17)2)21(27)25-10-8-15(13-25)20(26)23-19-5-3-4-9-22-19/h3-7,9,11-12,15H,8,10,13H2,1-2H3,(H,22,23,26). The van der Waals surface area contributed by atoms with Crippen LogP contribution < -0.4 is 5.32 Å². The number of carbonyl (C=O) groups excluding carboxylic acids is 2. The third kappa shape index (κ3) is 3.30. The molecule has 3 heterocycles. The zero-order valence-corrected chi connectivity index (χ0v) is 15.5. The number of aryl methyl sites for hydroxylation is 2. The second-order valence-electron chi connectivity index (χ2n) is 7.09. The third-order valence-corrected chi connectivity index (χ3v) is 5.18. The molecule has 1 aliphatic heterocycles. The minimum Gasteiger partial charge on any atom is -0.340 e. The molecular weight excluding hydrogens is 340 g/mol. The van der Waals surface area contributed by atoms with Crippen LogP contribution in [0.15, 0.2) is 48.7 Å². The van der Waals surface area contributed by atoms with E-state index in [0.29, 0.717) is 31.0 Å². The van der Waals surface area contributed by atoms with E-state index in [-0.39, 0.29) is 17.7 Å². The van der Waals surface area contributed by atoms with Gasteiger partial charge < -0.3 is 14.8 Å². The predicted molar refractivity (Wildman–Crippen MR) is 105 cm³/mol. The number of carbonyl (C=O) groups is 2. The van der Waals surface area contributed by atoms with E-state index in [1.165, 1.54) is 5.56 Å². The van der Waals surface area contributed by atoms with Gasteiger partial charge in [-0.25, -0.2) is 4.98 Å². The van der Waals surface area contributed by atoms with E-state index in [4.69, 9.17) is 0 Å². The molecule has 0 aliphatic carbocycles. The summed E-state index contributed by atoms with van der Waals surface area (Å²) >= 11 is 0. The molecule has 2 aromatic heterocycles. The lowest BCUT2D eigenvalue weighted by molar-refractivity contribution is -0.119. The Morgan fingerprint density at radius 3 is 2.81 bits per heavy atom. The molecular formula is C21H22N4O2. The van der Waals surface area contributed by atoms with Gasteiger partial charge in [0, 0.05) is 37.2 Å². The normalized spacial score (nSPS) is 16.7. The molecule has 27 heavy (non-hydrogen) atoms. The summed E-state index contributed by atoms with van der Waals surface area (Å²) in [6.45, 7) is 3.05. The second kappa shape index (κ2) is 6.87. The number of nitrogens with zero attached hydrogens (tertiary/aromatic N) is 3. The summed E-state index contributed by atoms with van der Waals surface area (Å²) in [4.78, 5) is 31.4. The maximum absolute atomic E-state index is 13.0. The maximum Gasteiger partial charge on any atom is 0.270 e. The number of pyridine rings is 1. The van der Waals surface area contributed by atoms with Crippen molar-refractivity contribution in [1.29, 1.82) is 0 Å². The SMILES string of the molecule is Cc1ccc2c(c1)cc(C(=O)N1CCC(C(=O)Nc3ccccn3)C1)n2C. The largest absolute Gasteiger partial charge is 0.340 e. The Morgan fingerprint density at radius 1 is 1.19 bits per heavy atom. The molecule has 1 N–H and O–H groups in total. The monoisotopic (exact) mass is 362 g/mol. The number of hydrogen-bond acceptors (Lipinski definition) is 3. The molecule has 6 nitrogen and oxygen atoms in total. The summed E-state index contributed by atoms with van der Waals surface area (Å²) in [5.74, 6) is 0.209. The first-order chi connectivity index (χ1) is 13.0. The minimum absolute atomic E-state index is 0.0283. The number of likely N-dealkylation sites (tertiary alicyclic amines) is 1. The molecule has 3 aromatic rings. The van der Waals surface area contributed by atoms with Gasteiger partial charge in [0.1, 0.15) is 11.5 Å². The van der Waals surface area contributed by atoms with Gasteiger partial charge in [-0.05, 0) is 43.7 Å². The Kier molecular flexibility index (Phi) is 4.39. The zero-order chi connectivity index (χ0) is 19.0. The summed E-state index contributed by atoms with van der Waals surface area (Å²) in [5.41, 5.74) is 2.86. The van der Waals surface area contributed by atoms with Crippen molar-refractivity contribution in [2.75, 3.05) is 18.4 Å². The Bertz CT molecular complexity index is 1010. The van der Waals surface area contributed by atoms with Crippen molar-refractivity contribution >= 4 is 28.5 Å². The van der Waals surface area contributed by atoms with Crippen LogP contribution in [0.2, 0.25) is 0 Å². The van der Waals surface area contributed by atoms with Crippen molar-refractivity contribution in [3.8, 4) is 0 Å². The molecule has 1 saturated heterocycles.